The summed E-state index contributed by atoms with van der Waals surface area (Å²) in [5.74, 6) is 0.656. The number of nitrogens with one attached hydrogen (secondary N) is 2. The number of hydrogen-bond donors (Lipinski definition) is 2. The van der Waals surface area contributed by atoms with E-state index in [9.17, 15) is 9.59 Å². The molecule has 150 valence electrons. The van der Waals surface area contributed by atoms with Gasteiger partial charge < -0.3 is 15.4 Å². The second-order valence-electron chi connectivity index (χ2n) is 7.41. The zero-order chi connectivity index (χ0) is 20.1. The van der Waals surface area contributed by atoms with Crippen LogP contribution in [0.5, 0.6) is 5.75 Å². The van der Waals surface area contributed by atoms with Gasteiger partial charge in [-0.05, 0) is 37.1 Å². The van der Waals surface area contributed by atoms with E-state index in [1.165, 1.54) is 0 Å². The lowest BCUT2D eigenvalue weighted by molar-refractivity contribution is -0.134. The maximum absolute atomic E-state index is 12.5. The summed E-state index contributed by atoms with van der Waals surface area (Å²) in [6, 6.07) is 12.0. The molecule has 0 radical (unpaired) electrons. The average Bonchev–Trinajstić information content (AvgIpc) is 2.69. The van der Waals surface area contributed by atoms with E-state index >= 15 is 0 Å². The van der Waals surface area contributed by atoms with Crippen LogP contribution in [0.4, 0.5) is 0 Å². The summed E-state index contributed by atoms with van der Waals surface area (Å²) in [5, 5.41) is 8.12. The van der Waals surface area contributed by atoms with Crippen LogP contribution in [0.2, 0.25) is 0 Å². The highest BCUT2D eigenvalue weighted by Crippen LogP contribution is 2.28. The summed E-state index contributed by atoms with van der Waals surface area (Å²) < 4.78 is 5.51. The first-order valence-corrected chi connectivity index (χ1v) is 9.86. The quantitative estimate of drug-likeness (QED) is 0.768. The van der Waals surface area contributed by atoms with E-state index in [0.29, 0.717) is 19.5 Å². The van der Waals surface area contributed by atoms with Gasteiger partial charge in [-0.15, -0.1) is 0 Å². The number of piperazine rings is 1. The lowest BCUT2D eigenvalue weighted by Gasteiger charge is -2.37. The number of ether oxygens (including phenoxy) is 1. The number of nitrogens with zero attached hydrogens (tertiary/aromatic N) is 1. The first kappa shape index (κ1) is 20.1. The van der Waals surface area contributed by atoms with Crippen molar-refractivity contribution in [1.29, 1.82) is 0 Å². The Bertz CT molecular complexity index is 850. The highest BCUT2D eigenvalue weighted by molar-refractivity contribution is 5.89. The molecule has 0 aromatic heterocycles. The second kappa shape index (κ2) is 9.06. The minimum atomic E-state index is -0.402. The fourth-order valence-electron chi connectivity index (χ4n) is 3.90. The molecule has 6 nitrogen and oxygen atoms in total. The predicted octanol–water partition coefficient (Wildman–Crippen LogP) is 2.11. The Morgan fingerprint density at radius 1 is 1.29 bits per heavy atom. The number of fused-ring (bicyclic) bond motifs is 1. The van der Waals surface area contributed by atoms with Crippen LogP contribution in [-0.2, 0) is 16.0 Å². The third-order valence-electron chi connectivity index (χ3n) is 5.33. The van der Waals surface area contributed by atoms with Crippen LogP contribution < -0.4 is 15.4 Å². The third kappa shape index (κ3) is 4.44. The predicted molar refractivity (Wildman–Crippen MR) is 110 cm³/mol. The Labute approximate surface area is 166 Å². The standard InChI is InChI=1S/C22H29N3O3/c1-15(2)25-13-12-24-22(27)19(25)14-21(26)23-11-10-18-17-7-5-4-6-16(17)8-9-20(18)28-3/h4-9,15,19H,10-14H2,1-3H3,(H,23,26)(H,24,27). The van der Waals surface area contributed by atoms with E-state index < -0.39 is 6.04 Å². The van der Waals surface area contributed by atoms with Gasteiger partial charge >= 0.3 is 0 Å². The van der Waals surface area contributed by atoms with Crippen LogP contribution in [0.15, 0.2) is 36.4 Å². The molecule has 0 saturated carbocycles. The summed E-state index contributed by atoms with van der Waals surface area (Å²) in [6.07, 6.45) is 0.845. The maximum Gasteiger partial charge on any atom is 0.237 e. The van der Waals surface area contributed by atoms with E-state index in [-0.39, 0.29) is 24.3 Å². The Hall–Kier alpha value is -2.60. The molecule has 2 aromatic carbocycles. The van der Waals surface area contributed by atoms with Gasteiger partial charge in [-0.2, -0.15) is 0 Å². The topological polar surface area (TPSA) is 70.7 Å². The first-order chi connectivity index (χ1) is 13.5. The molecular formula is C22H29N3O3. The molecule has 0 aliphatic carbocycles. The van der Waals surface area contributed by atoms with Crippen molar-refractivity contribution in [3.05, 3.63) is 42.0 Å². The van der Waals surface area contributed by atoms with Crippen LogP contribution in [0, 0.1) is 0 Å². The van der Waals surface area contributed by atoms with E-state index in [2.05, 4.69) is 41.5 Å². The molecule has 1 aliphatic rings. The average molecular weight is 383 g/mol. The minimum absolute atomic E-state index is 0.0641. The molecule has 1 atom stereocenters. The van der Waals surface area contributed by atoms with E-state index in [1.54, 1.807) is 7.11 Å². The molecule has 0 spiro atoms. The molecular weight excluding hydrogens is 354 g/mol. The van der Waals surface area contributed by atoms with Crippen molar-refractivity contribution in [3.8, 4) is 5.75 Å². The molecule has 1 fully saturated rings. The number of benzene rings is 2. The van der Waals surface area contributed by atoms with E-state index in [4.69, 9.17) is 4.74 Å². The Kier molecular flexibility index (Phi) is 6.52. The van der Waals surface area contributed by atoms with Gasteiger partial charge in [-0.1, -0.05) is 30.3 Å². The van der Waals surface area contributed by atoms with Crippen molar-refractivity contribution in [2.24, 2.45) is 0 Å². The third-order valence-corrected chi connectivity index (χ3v) is 5.33. The summed E-state index contributed by atoms with van der Waals surface area (Å²) >= 11 is 0. The van der Waals surface area contributed by atoms with Crippen molar-refractivity contribution in [3.63, 3.8) is 0 Å². The molecule has 6 heteroatoms. The lowest BCUT2D eigenvalue weighted by Crippen LogP contribution is -2.58. The molecule has 1 aliphatic heterocycles. The van der Waals surface area contributed by atoms with Crippen molar-refractivity contribution in [1.82, 2.24) is 15.5 Å². The zero-order valence-corrected chi connectivity index (χ0v) is 16.8. The van der Waals surface area contributed by atoms with Gasteiger partial charge in [0.05, 0.1) is 19.6 Å². The molecule has 1 saturated heterocycles. The van der Waals surface area contributed by atoms with E-state index in [0.717, 1.165) is 28.6 Å². The maximum atomic E-state index is 12.5. The summed E-state index contributed by atoms with van der Waals surface area (Å²) in [7, 11) is 1.66. The number of rotatable bonds is 7. The van der Waals surface area contributed by atoms with Gasteiger partial charge in [0.25, 0.3) is 0 Å². The van der Waals surface area contributed by atoms with Crippen molar-refractivity contribution in [2.45, 2.75) is 38.8 Å². The van der Waals surface area contributed by atoms with Crippen LogP contribution >= 0.6 is 0 Å². The largest absolute Gasteiger partial charge is 0.496 e. The molecule has 1 heterocycles. The van der Waals surface area contributed by atoms with Gasteiger partial charge in [-0.3, -0.25) is 14.5 Å². The highest BCUT2D eigenvalue weighted by atomic mass is 16.5. The fourth-order valence-corrected chi connectivity index (χ4v) is 3.90. The van der Waals surface area contributed by atoms with Gasteiger partial charge in [-0.25, -0.2) is 0 Å². The number of amides is 2. The Morgan fingerprint density at radius 3 is 2.82 bits per heavy atom. The molecule has 1 unspecified atom stereocenters. The van der Waals surface area contributed by atoms with Crippen molar-refractivity contribution < 1.29 is 14.3 Å². The van der Waals surface area contributed by atoms with Crippen molar-refractivity contribution in [2.75, 3.05) is 26.7 Å². The summed E-state index contributed by atoms with van der Waals surface area (Å²) in [5.41, 5.74) is 1.08. The minimum Gasteiger partial charge on any atom is -0.496 e. The lowest BCUT2D eigenvalue weighted by atomic mass is 10.0. The number of methoxy groups -OCH3 is 1. The molecule has 2 aromatic rings. The monoisotopic (exact) mass is 383 g/mol. The van der Waals surface area contributed by atoms with Crippen LogP contribution in [-0.4, -0.2) is 55.5 Å². The van der Waals surface area contributed by atoms with Crippen LogP contribution in [0.3, 0.4) is 0 Å². The molecule has 2 N–H and O–H groups in total. The second-order valence-corrected chi connectivity index (χ2v) is 7.41. The van der Waals surface area contributed by atoms with Gasteiger partial charge in [0.1, 0.15) is 5.75 Å². The SMILES string of the molecule is COc1ccc2ccccc2c1CCNC(=O)CC1C(=O)NCCN1C(C)C. The molecule has 3 rings (SSSR count). The first-order valence-electron chi connectivity index (χ1n) is 9.86. The van der Waals surface area contributed by atoms with Gasteiger partial charge in [0.15, 0.2) is 0 Å². The molecule has 28 heavy (non-hydrogen) atoms. The normalized spacial score (nSPS) is 17.6. The zero-order valence-electron chi connectivity index (χ0n) is 16.8. The number of carbonyl (C=O) groups excluding carboxylic acids is 2. The molecule has 0 bridgehead atoms. The Balaban J connectivity index is 1.63. The highest BCUT2D eigenvalue weighted by Gasteiger charge is 2.32. The fraction of sp³-hybridized carbons (Fsp3) is 0.455. The molecule has 2 amide bonds. The summed E-state index contributed by atoms with van der Waals surface area (Å²) in [6.45, 7) is 6.01. The van der Waals surface area contributed by atoms with Crippen LogP contribution in [0.1, 0.15) is 25.8 Å². The van der Waals surface area contributed by atoms with Crippen LogP contribution in [0.25, 0.3) is 10.8 Å². The van der Waals surface area contributed by atoms with Gasteiger partial charge in [0, 0.05) is 31.2 Å². The van der Waals surface area contributed by atoms with Crippen molar-refractivity contribution >= 4 is 22.6 Å². The summed E-state index contributed by atoms with van der Waals surface area (Å²) in [4.78, 5) is 26.8. The number of carbonyl (C=O) groups is 2. The Morgan fingerprint density at radius 2 is 2.07 bits per heavy atom. The van der Waals surface area contributed by atoms with E-state index in [1.807, 2.05) is 24.3 Å². The smallest absolute Gasteiger partial charge is 0.237 e. The number of hydrogen-bond acceptors (Lipinski definition) is 4. The van der Waals surface area contributed by atoms with Gasteiger partial charge in [0.2, 0.25) is 11.8 Å².